The van der Waals surface area contributed by atoms with Crippen molar-refractivity contribution >= 4 is 48.6 Å². The van der Waals surface area contributed by atoms with E-state index in [2.05, 4.69) is 13.8 Å². The molecule has 0 heterocycles. The minimum Gasteiger partial charge on any atom is -0.493 e. The molecule has 0 aliphatic heterocycles. The fraction of sp³-hybridized carbons (Fsp3) is 0.321. The fourth-order valence-electron chi connectivity index (χ4n) is 7.06. The van der Waals surface area contributed by atoms with E-state index < -0.39 is 23.5 Å². The molecule has 0 radical (unpaired) electrons. The third-order valence-corrected chi connectivity index (χ3v) is 10.8. The summed E-state index contributed by atoms with van der Waals surface area (Å²) in [5, 5.41) is 0. The Morgan fingerprint density at radius 3 is 1.02 bits per heavy atom. The Bertz CT molecular complexity index is 2120. The summed E-state index contributed by atoms with van der Waals surface area (Å²) in [5.74, 6) is 1.49. The summed E-state index contributed by atoms with van der Waals surface area (Å²) in [7, 11) is 0. The Morgan fingerprint density at radius 2 is 0.672 bits per heavy atom. The van der Waals surface area contributed by atoms with E-state index in [4.69, 9.17) is 9.47 Å². The summed E-state index contributed by atoms with van der Waals surface area (Å²) < 4.78 is 92.3. The maximum absolute atomic E-state index is 13.2. The topological polar surface area (TPSA) is 18.5 Å². The van der Waals surface area contributed by atoms with E-state index in [0.717, 1.165) is 94.8 Å². The van der Waals surface area contributed by atoms with Crippen LogP contribution in [0.15, 0.2) is 109 Å². The van der Waals surface area contributed by atoms with Crippen LogP contribution < -0.4 is 9.47 Å². The largest absolute Gasteiger partial charge is 0.493 e. The number of benzene rings is 5. The molecular weight excluding hydrogens is 819 g/mol. The number of rotatable bonds is 24. The highest BCUT2D eigenvalue weighted by molar-refractivity contribution is 5.80. The average molecular weight is 879 g/mol. The van der Waals surface area contributed by atoms with Gasteiger partial charge in [-0.1, -0.05) is 199 Å². The van der Waals surface area contributed by atoms with Crippen molar-refractivity contribution in [3.05, 3.63) is 165 Å². The number of unbranched alkanes of at least 4 members (excludes halogenated alkanes) is 10. The van der Waals surface area contributed by atoms with Gasteiger partial charge in [0.1, 0.15) is 11.5 Å². The number of hydrogen-bond donors (Lipinski definition) is 0. The van der Waals surface area contributed by atoms with Gasteiger partial charge in [0.15, 0.2) is 0 Å². The second-order valence-corrected chi connectivity index (χ2v) is 16.1. The van der Waals surface area contributed by atoms with Gasteiger partial charge in [0.2, 0.25) is 0 Å². The summed E-state index contributed by atoms with van der Waals surface area (Å²) in [6.45, 7) is 5.58. The molecule has 0 amide bonds. The molecule has 2 nitrogen and oxygen atoms in total. The van der Waals surface area contributed by atoms with E-state index in [1.165, 1.54) is 63.5 Å². The second kappa shape index (κ2) is 25.5. The Labute approximate surface area is 376 Å². The molecule has 0 bridgehead atoms. The van der Waals surface area contributed by atoms with Gasteiger partial charge in [-0.15, -0.1) is 0 Å². The van der Waals surface area contributed by atoms with E-state index in [-0.39, 0.29) is 0 Å². The van der Waals surface area contributed by atoms with Crippen molar-refractivity contribution in [2.75, 3.05) is 13.2 Å². The van der Waals surface area contributed by atoms with Crippen molar-refractivity contribution in [3.63, 3.8) is 0 Å². The summed E-state index contributed by atoms with van der Waals surface area (Å²) in [6, 6.07) is 30.2. The molecule has 0 saturated heterocycles. The lowest BCUT2D eigenvalue weighted by molar-refractivity contribution is -0.138. The number of hydrogen-bond acceptors (Lipinski definition) is 2. The predicted molar refractivity (Wildman–Crippen MR) is 256 cm³/mol. The third-order valence-electron chi connectivity index (χ3n) is 10.8. The molecule has 5 aromatic rings. The zero-order chi connectivity index (χ0) is 45.6. The molecule has 0 unspecified atom stereocenters. The van der Waals surface area contributed by atoms with Gasteiger partial charge in [0.05, 0.1) is 24.3 Å². The minimum atomic E-state index is -4.40. The van der Waals surface area contributed by atoms with Gasteiger partial charge < -0.3 is 9.47 Å². The van der Waals surface area contributed by atoms with E-state index in [9.17, 15) is 26.3 Å². The molecule has 5 rings (SSSR count). The molecule has 0 aliphatic rings. The molecule has 338 valence electrons. The van der Waals surface area contributed by atoms with E-state index in [1.54, 1.807) is 36.4 Å². The van der Waals surface area contributed by atoms with Crippen LogP contribution in [0.25, 0.3) is 48.6 Å². The van der Waals surface area contributed by atoms with Crippen molar-refractivity contribution in [1.82, 2.24) is 0 Å². The first kappa shape index (κ1) is 49.3. The standard InChI is InChI=1S/C56H60F6O2/c1-3-5-7-9-11-13-37-63-53-41-50(36-34-46-27-23-44(24-28-46)30-32-48-18-16-20-52(40-48)56(60,61)62)54(64-38-14-12-10-8-6-4-2)42-49(53)35-33-45-25-21-43(22-26-45)29-31-47-17-15-19-51(39-47)55(57,58)59/h15-36,39-42H,3-14,37-38H2,1-2H3/b31-29+,32-30+,35-33+,36-34+. The lowest BCUT2D eigenvalue weighted by Gasteiger charge is -2.15. The fourth-order valence-corrected chi connectivity index (χ4v) is 7.06. The van der Waals surface area contributed by atoms with Crippen molar-refractivity contribution < 1.29 is 35.8 Å². The van der Waals surface area contributed by atoms with Gasteiger partial charge in [0, 0.05) is 11.1 Å². The molecule has 64 heavy (non-hydrogen) atoms. The quantitative estimate of drug-likeness (QED) is 0.0349. The molecule has 8 heteroatoms. The molecule has 0 atom stereocenters. The van der Waals surface area contributed by atoms with Crippen LogP contribution in [0, 0.1) is 0 Å². The maximum atomic E-state index is 13.2. The minimum absolute atomic E-state index is 0.473. The average Bonchev–Trinajstić information content (AvgIpc) is 3.29. The highest BCUT2D eigenvalue weighted by Gasteiger charge is 2.31. The van der Waals surface area contributed by atoms with E-state index in [1.807, 2.05) is 85.0 Å². The molecule has 0 aliphatic carbocycles. The van der Waals surface area contributed by atoms with Gasteiger partial charge >= 0.3 is 12.4 Å². The van der Waals surface area contributed by atoms with E-state index in [0.29, 0.717) is 24.3 Å². The predicted octanol–water partition coefficient (Wildman–Crippen LogP) is 17.9. The molecule has 0 aromatic heterocycles. The van der Waals surface area contributed by atoms with Gasteiger partial charge in [0.25, 0.3) is 0 Å². The maximum Gasteiger partial charge on any atom is 0.416 e. The lowest BCUT2D eigenvalue weighted by Crippen LogP contribution is -2.04. The summed E-state index contributed by atoms with van der Waals surface area (Å²) in [6.07, 6.45) is 20.0. The zero-order valence-corrected chi connectivity index (χ0v) is 37.0. The number of halogens is 6. The number of alkyl halides is 6. The molecule has 5 aromatic carbocycles. The Morgan fingerprint density at radius 1 is 0.359 bits per heavy atom. The normalized spacial score (nSPS) is 12.4. The molecule has 0 fully saturated rings. The van der Waals surface area contributed by atoms with Crippen molar-refractivity contribution in [2.45, 2.75) is 103 Å². The van der Waals surface area contributed by atoms with E-state index >= 15 is 0 Å². The SMILES string of the molecule is CCCCCCCCOc1cc(/C=C/c2ccc(/C=C/c3cccc(C(F)(F)F)c3)cc2)c(OCCCCCCCC)cc1/C=C/c1ccc(/C=C/c2cccc(C(F)(F)F)c2)cc1. The summed E-state index contributed by atoms with van der Waals surface area (Å²) >= 11 is 0. The van der Waals surface area contributed by atoms with Crippen LogP contribution in [-0.4, -0.2) is 13.2 Å². The van der Waals surface area contributed by atoms with Crippen molar-refractivity contribution in [3.8, 4) is 11.5 Å². The molecular formula is C56H60F6O2. The first-order valence-electron chi connectivity index (χ1n) is 22.6. The Kier molecular flexibility index (Phi) is 19.6. The summed E-state index contributed by atoms with van der Waals surface area (Å²) in [4.78, 5) is 0. The first-order chi connectivity index (χ1) is 30.9. The van der Waals surface area contributed by atoms with Gasteiger partial charge in [-0.05, 0) is 82.6 Å². The molecule has 0 N–H and O–H groups in total. The Balaban J connectivity index is 1.37. The summed E-state index contributed by atoms with van der Waals surface area (Å²) in [5.41, 5.74) is 4.97. The smallest absolute Gasteiger partial charge is 0.416 e. The second-order valence-electron chi connectivity index (χ2n) is 16.1. The molecule has 0 spiro atoms. The lowest BCUT2D eigenvalue weighted by atomic mass is 10.0. The van der Waals surface area contributed by atoms with Crippen LogP contribution in [0.3, 0.4) is 0 Å². The van der Waals surface area contributed by atoms with Gasteiger partial charge in [-0.25, -0.2) is 0 Å². The van der Waals surface area contributed by atoms with Crippen LogP contribution in [0.2, 0.25) is 0 Å². The monoisotopic (exact) mass is 878 g/mol. The van der Waals surface area contributed by atoms with Crippen LogP contribution >= 0.6 is 0 Å². The van der Waals surface area contributed by atoms with Crippen LogP contribution in [0.5, 0.6) is 11.5 Å². The highest BCUT2D eigenvalue weighted by atomic mass is 19.4. The van der Waals surface area contributed by atoms with Crippen LogP contribution in [0.1, 0.15) is 147 Å². The number of ether oxygens (including phenoxy) is 2. The first-order valence-corrected chi connectivity index (χ1v) is 22.6. The third kappa shape index (κ3) is 17.1. The van der Waals surface area contributed by atoms with Crippen LogP contribution in [0.4, 0.5) is 26.3 Å². The van der Waals surface area contributed by atoms with Gasteiger partial charge in [-0.2, -0.15) is 26.3 Å². The highest BCUT2D eigenvalue weighted by Crippen LogP contribution is 2.34. The van der Waals surface area contributed by atoms with Crippen LogP contribution in [-0.2, 0) is 12.4 Å². The molecule has 0 saturated carbocycles. The van der Waals surface area contributed by atoms with Gasteiger partial charge in [-0.3, -0.25) is 0 Å². The Hall–Kier alpha value is -5.76. The van der Waals surface area contributed by atoms with Crippen molar-refractivity contribution in [2.24, 2.45) is 0 Å². The zero-order valence-electron chi connectivity index (χ0n) is 37.0. The van der Waals surface area contributed by atoms with Crippen molar-refractivity contribution in [1.29, 1.82) is 0 Å².